The van der Waals surface area contributed by atoms with Crippen LogP contribution in [0.15, 0.2) is 122 Å². The lowest BCUT2D eigenvalue weighted by Crippen LogP contribution is -2.23. The number of fused-ring (bicyclic) bond motifs is 2. The zero-order valence-corrected chi connectivity index (χ0v) is 30.7. The summed E-state index contributed by atoms with van der Waals surface area (Å²) in [5.41, 5.74) is 18.6. The summed E-state index contributed by atoms with van der Waals surface area (Å²) in [5.74, 6) is -0.206. The Balaban J connectivity index is 0.000000175. The highest BCUT2D eigenvalue weighted by Crippen LogP contribution is 2.28. The van der Waals surface area contributed by atoms with E-state index in [1.165, 1.54) is 17.4 Å². The lowest BCUT2D eigenvalue weighted by molar-refractivity contribution is 0.0690. The lowest BCUT2D eigenvalue weighted by atomic mass is 10.1. The monoisotopic (exact) mass is 733 g/mol. The van der Waals surface area contributed by atoms with Crippen LogP contribution in [0, 0.1) is 0 Å². The van der Waals surface area contributed by atoms with Crippen LogP contribution in [0.1, 0.15) is 41.2 Å². The topological polar surface area (TPSA) is 197 Å². The highest BCUT2D eigenvalue weighted by molar-refractivity contribution is 5.92. The number of carbonyl (C=O) groups excluding carboxylic acids is 1. The minimum Gasteiger partial charge on any atom is -0.477 e. The molecule has 1 amide bonds. The molecule has 0 aliphatic carbocycles. The van der Waals surface area contributed by atoms with Crippen LogP contribution in [0.4, 0.5) is 11.4 Å². The van der Waals surface area contributed by atoms with Gasteiger partial charge in [-0.05, 0) is 59.7 Å². The second kappa shape index (κ2) is 16.5. The number of nitrogen functional groups attached to an aromatic ring is 2. The number of rotatable bonds is 6. The molecule has 14 nitrogen and oxygen atoms in total. The molecular weight excluding hydrogens is 695 g/mol. The molecule has 0 spiro atoms. The Bertz CT molecular complexity index is 2630. The maximum absolute atomic E-state index is 12.2. The zero-order valence-electron chi connectivity index (χ0n) is 30.7. The summed E-state index contributed by atoms with van der Waals surface area (Å²) in [4.78, 5) is 41.8. The molecule has 0 aliphatic rings. The number of nitrogens with zero attached hydrogens (tertiary/aromatic N) is 9. The number of nitrogens with two attached hydrogens (primary N) is 2. The predicted octanol–water partition coefficient (Wildman–Crippen LogP) is 6.95. The first kappa shape index (κ1) is 37.3. The van der Waals surface area contributed by atoms with Crippen molar-refractivity contribution in [2.45, 2.75) is 20.3 Å². The first-order valence-electron chi connectivity index (χ1n) is 17.3. The maximum Gasteiger partial charge on any atom is 0.354 e. The summed E-state index contributed by atoms with van der Waals surface area (Å²) < 4.78 is 3.34. The SMILES string of the molecule is CCC.CN(C)C(=O)c1cccc(-n2ncc3ccc(-c4cncc(N)c4)cc32)n1.Nc1cncc(-c2ccc3cnn(-c4cccc(C(=O)O)n4)c3c2)c1. The third kappa shape index (κ3) is 8.44. The summed E-state index contributed by atoms with van der Waals surface area (Å²) in [6.45, 7) is 4.25. The maximum atomic E-state index is 12.2. The van der Waals surface area contributed by atoms with Gasteiger partial charge in [-0.3, -0.25) is 14.8 Å². The van der Waals surface area contributed by atoms with Crippen molar-refractivity contribution >= 4 is 45.1 Å². The van der Waals surface area contributed by atoms with Crippen molar-refractivity contribution < 1.29 is 14.7 Å². The Labute approximate surface area is 316 Å². The molecular formula is C41H39N11O3. The van der Waals surface area contributed by atoms with Crippen LogP contribution in [0.25, 0.3) is 55.7 Å². The Morgan fingerprint density at radius 3 is 1.51 bits per heavy atom. The number of carboxylic acid groups (broad SMARTS) is 1. The van der Waals surface area contributed by atoms with E-state index in [0.717, 1.165) is 44.1 Å². The average Bonchev–Trinajstić information content (AvgIpc) is 3.82. The fourth-order valence-electron chi connectivity index (χ4n) is 5.54. The van der Waals surface area contributed by atoms with Crippen LogP contribution >= 0.6 is 0 Å². The number of hydrogen-bond acceptors (Lipinski definition) is 10. The highest BCUT2D eigenvalue weighted by atomic mass is 16.4. The number of carbonyl (C=O) groups is 2. The molecule has 6 heterocycles. The summed E-state index contributed by atoms with van der Waals surface area (Å²) in [5, 5.41) is 19.8. The van der Waals surface area contributed by atoms with Gasteiger partial charge in [-0.2, -0.15) is 10.2 Å². The minimum atomic E-state index is -1.08. The van der Waals surface area contributed by atoms with Crippen LogP contribution in [-0.4, -0.2) is 75.5 Å². The van der Waals surface area contributed by atoms with Gasteiger partial charge in [0.1, 0.15) is 5.69 Å². The van der Waals surface area contributed by atoms with E-state index in [1.807, 2.05) is 54.6 Å². The fourth-order valence-corrected chi connectivity index (χ4v) is 5.54. The largest absolute Gasteiger partial charge is 0.477 e. The van der Waals surface area contributed by atoms with Gasteiger partial charge >= 0.3 is 5.97 Å². The van der Waals surface area contributed by atoms with E-state index in [9.17, 15) is 9.59 Å². The first-order valence-corrected chi connectivity index (χ1v) is 17.3. The van der Waals surface area contributed by atoms with E-state index in [-0.39, 0.29) is 11.6 Å². The highest BCUT2D eigenvalue weighted by Gasteiger charge is 2.14. The van der Waals surface area contributed by atoms with Crippen molar-refractivity contribution in [3.8, 4) is 33.9 Å². The van der Waals surface area contributed by atoms with E-state index in [1.54, 1.807) is 84.9 Å². The van der Waals surface area contributed by atoms with E-state index < -0.39 is 5.97 Å². The Hall–Kier alpha value is -7.48. The Morgan fingerprint density at radius 1 is 0.618 bits per heavy atom. The second-order valence-electron chi connectivity index (χ2n) is 12.6. The number of pyridine rings is 4. The van der Waals surface area contributed by atoms with Crippen molar-refractivity contribution in [2.24, 2.45) is 0 Å². The van der Waals surface area contributed by atoms with Gasteiger partial charge in [-0.15, -0.1) is 0 Å². The van der Waals surface area contributed by atoms with Crippen LogP contribution in [0.5, 0.6) is 0 Å². The number of aromatic carboxylic acids is 1. The number of anilines is 2. The van der Waals surface area contributed by atoms with Gasteiger partial charge in [0.15, 0.2) is 17.3 Å². The summed E-state index contributed by atoms with van der Waals surface area (Å²) >= 11 is 0. The molecule has 6 aromatic heterocycles. The number of amides is 1. The van der Waals surface area contributed by atoms with Gasteiger partial charge < -0.3 is 21.5 Å². The molecule has 5 N–H and O–H groups in total. The molecule has 0 unspecified atom stereocenters. The molecule has 0 fully saturated rings. The normalized spacial score (nSPS) is 10.6. The second-order valence-corrected chi connectivity index (χ2v) is 12.6. The summed E-state index contributed by atoms with van der Waals surface area (Å²) in [6.07, 6.45) is 11.5. The molecule has 0 saturated carbocycles. The van der Waals surface area contributed by atoms with E-state index in [0.29, 0.717) is 28.7 Å². The number of carboxylic acids is 1. The van der Waals surface area contributed by atoms with E-state index in [4.69, 9.17) is 16.6 Å². The van der Waals surface area contributed by atoms with Crippen molar-refractivity contribution in [3.05, 3.63) is 133 Å². The molecule has 0 bridgehead atoms. The van der Waals surface area contributed by atoms with Crippen molar-refractivity contribution in [1.29, 1.82) is 0 Å². The van der Waals surface area contributed by atoms with Gasteiger partial charge in [-0.1, -0.05) is 56.7 Å². The van der Waals surface area contributed by atoms with E-state index in [2.05, 4.69) is 44.0 Å². The summed E-state index contributed by atoms with van der Waals surface area (Å²) in [6, 6.07) is 25.7. The van der Waals surface area contributed by atoms with Crippen molar-refractivity contribution in [3.63, 3.8) is 0 Å². The molecule has 2 aromatic carbocycles. The van der Waals surface area contributed by atoms with Gasteiger partial charge in [0.05, 0.1) is 34.8 Å². The zero-order chi connectivity index (χ0) is 39.1. The molecule has 55 heavy (non-hydrogen) atoms. The molecule has 8 rings (SSSR count). The first-order chi connectivity index (χ1) is 26.6. The standard InChI is InChI=1S/C20H18N6O.C18H13N5O2.C3H8/c1-25(2)20(27)17-4-3-5-19(24-17)26-18-9-13(6-7-14(18)11-23-26)15-8-16(21)12-22-10-15;19-14-6-13(8-20-10-14)11-4-5-12-9-21-23(16(12)7-11)17-3-1-2-15(22-17)18(24)25;1-3-2/h3-12H,21H2,1-2H3;1-10H,19H2,(H,24,25);3H2,1-2H3. The van der Waals surface area contributed by atoms with Crippen LogP contribution in [0.3, 0.4) is 0 Å². The number of hydrogen-bond donors (Lipinski definition) is 3. The quantitative estimate of drug-likeness (QED) is 0.160. The Kier molecular flexibility index (Phi) is 11.2. The van der Waals surface area contributed by atoms with Crippen LogP contribution in [0.2, 0.25) is 0 Å². The number of benzene rings is 2. The third-order valence-electron chi connectivity index (χ3n) is 8.07. The third-order valence-corrected chi connectivity index (χ3v) is 8.07. The molecule has 0 saturated heterocycles. The smallest absolute Gasteiger partial charge is 0.354 e. The lowest BCUT2D eigenvalue weighted by Gasteiger charge is -2.11. The van der Waals surface area contributed by atoms with Crippen molar-refractivity contribution in [1.82, 2.24) is 44.4 Å². The number of aromatic nitrogens is 8. The molecule has 0 radical (unpaired) electrons. The van der Waals surface area contributed by atoms with Gasteiger partial charge in [0.2, 0.25) is 0 Å². The van der Waals surface area contributed by atoms with E-state index >= 15 is 0 Å². The van der Waals surface area contributed by atoms with Gasteiger partial charge in [0, 0.05) is 60.8 Å². The van der Waals surface area contributed by atoms with Crippen molar-refractivity contribution in [2.75, 3.05) is 25.6 Å². The molecule has 0 aliphatic heterocycles. The van der Waals surface area contributed by atoms with Crippen LogP contribution < -0.4 is 11.5 Å². The minimum absolute atomic E-state index is 0.0302. The predicted molar refractivity (Wildman–Crippen MR) is 214 cm³/mol. The Morgan fingerprint density at radius 2 is 1.07 bits per heavy atom. The summed E-state index contributed by atoms with van der Waals surface area (Å²) in [7, 11) is 3.40. The van der Waals surface area contributed by atoms with Gasteiger partial charge in [0.25, 0.3) is 5.91 Å². The van der Waals surface area contributed by atoms with Gasteiger partial charge in [-0.25, -0.2) is 24.1 Å². The van der Waals surface area contributed by atoms with Crippen LogP contribution in [-0.2, 0) is 0 Å². The molecule has 0 atom stereocenters. The molecule has 14 heteroatoms. The molecule has 8 aromatic rings. The fraction of sp³-hybridized carbons (Fsp3) is 0.122. The average molecular weight is 734 g/mol. The molecule has 276 valence electrons.